The lowest BCUT2D eigenvalue weighted by Gasteiger charge is -2.22. The number of rotatable bonds is 7. The lowest BCUT2D eigenvalue weighted by atomic mass is 10.1. The highest BCUT2D eigenvalue weighted by Gasteiger charge is 2.23. The van der Waals surface area contributed by atoms with Crippen molar-refractivity contribution in [2.24, 2.45) is 0 Å². The van der Waals surface area contributed by atoms with Gasteiger partial charge in [-0.15, -0.1) is 0 Å². The van der Waals surface area contributed by atoms with Gasteiger partial charge in [0.2, 0.25) is 0 Å². The number of likely N-dealkylation sites (N-methyl/N-ethyl adjacent to an activating group) is 1. The number of benzene rings is 2. The lowest BCUT2D eigenvalue weighted by Crippen LogP contribution is -2.32. The summed E-state index contributed by atoms with van der Waals surface area (Å²) in [6, 6.07) is 11.8. The van der Waals surface area contributed by atoms with Gasteiger partial charge in [-0.25, -0.2) is 8.42 Å². The summed E-state index contributed by atoms with van der Waals surface area (Å²) in [6.07, 6.45) is 0. The maximum absolute atomic E-state index is 12.9. The molecule has 0 fully saturated rings. The molecule has 6 nitrogen and oxygen atoms in total. The Hall–Kier alpha value is -2.38. The number of carbonyl (C=O) groups excluding carboxylic acids is 1. The monoisotopic (exact) mass is 389 g/mol. The number of hydrogen-bond acceptors (Lipinski definition) is 4. The fraction of sp³-hybridized carbons (Fsp3) is 0.350. The number of aryl methyl sites for hydroxylation is 2. The molecular formula is C20H27N3O3S. The van der Waals surface area contributed by atoms with Crippen molar-refractivity contribution < 1.29 is 13.2 Å². The number of nitrogens with zero attached hydrogens (tertiary/aromatic N) is 2. The molecule has 0 unspecified atom stereocenters. The van der Waals surface area contributed by atoms with Crippen molar-refractivity contribution in [3.8, 4) is 0 Å². The minimum absolute atomic E-state index is 0.218. The normalized spacial score (nSPS) is 11.5. The second-order valence-electron chi connectivity index (χ2n) is 6.85. The van der Waals surface area contributed by atoms with Crippen LogP contribution in [0.1, 0.15) is 21.5 Å². The molecule has 0 radical (unpaired) electrons. The highest BCUT2D eigenvalue weighted by atomic mass is 32.2. The summed E-state index contributed by atoms with van der Waals surface area (Å²) in [4.78, 5) is 14.6. The maximum Gasteiger partial charge on any atom is 0.264 e. The van der Waals surface area contributed by atoms with Crippen LogP contribution in [-0.2, 0) is 10.0 Å². The third-order valence-electron chi connectivity index (χ3n) is 4.33. The summed E-state index contributed by atoms with van der Waals surface area (Å²) >= 11 is 0. The van der Waals surface area contributed by atoms with E-state index in [4.69, 9.17) is 0 Å². The Morgan fingerprint density at radius 2 is 1.63 bits per heavy atom. The van der Waals surface area contributed by atoms with Crippen LogP contribution in [0.5, 0.6) is 0 Å². The van der Waals surface area contributed by atoms with Gasteiger partial charge in [-0.05, 0) is 57.8 Å². The molecule has 2 aromatic carbocycles. The lowest BCUT2D eigenvalue weighted by molar-refractivity contribution is 0.0951. The molecule has 27 heavy (non-hydrogen) atoms. The molecule has 0 saturated heterocycles. The fourth-order valence-corrected chi connectivity index (χ4v) is 3.83. The summed E-state index contributed by atoms with van der Waals surface area (Å²) in [5.41, 5.74) is 2.68. The van der Waals surface area contributed by atoms with E-state index in [1.54, 1.807) is 42.5 Å². The predicted molar refractivity (Wildman–Crippen MR) is 109 cm³/mol. The van der Waals surface area contributed by atoms with E-state index in [0.29, 0.717) is 17.8 Å². The zero-order valence-electron chi connectivity index (χ0n) is 16.5. The number of hydrogen-bond donors (Lipinski definition) is 1. The molecule has 2 aromatic rings. The molecular weight excluding hydrogens is 362 g/mol. The summed E-state index contributed by atoms with van der Waals surface area (Å²) in [7, 11) is 1.66. The van der Waals surface area contributed by atoms with E-state index in [9.17, 15) is 13.2 Å². The summed E-state index contributed by atoms with van der Waals surface area (Å²) in [5, 5.41) is 2.84. The maximum atomic E-state index is 12.9. The van der Waals surface area contributed by atoms with Crippen LogP contribution in [0.2, 0.25) is 0 Å². The van der Waals surface area contributed by atoms with Crippen molar-refractivity contribution in [1.29, 1.82) is 0 Å². The van der Waals surface area contributed by atoms with Gasteiger partial charge in [-0.2, -0.15) is 0 Å². The van der Waals surface area contributed by atoms with Crippen LogP contribution >= 0.6 is 0 Å². The van der Waals surface area contributed by atoms with Crippen molar-refractivity contribution in [2.45, 2.75) is 18.7 Å². The van der Waals surface area contributed by atoms with Gasteiger partial charge in [-0.3, -0.25) is 9.10 Å². The van der Waals surface area contributed by atoms with Gasteiger partial charge in [0, 0.05) is 25.7 Å². The van der Waals surface area contributed by atoms with Crippen LogP contribution in [0.25, 0.3) is 0 Å². The van der Waals surface area contributed by atoms with Gasteiger partial charge in [-0.1, -0.05) is 23.8 Å². The second kappa shape index (κ2) is 8.54. The zero-order valence-corrected chi connectivity index (χ0v) is 17.3. The van der Waals surface area contributed by atoms with Crippen molar-refractivity contribution >= 4 is 21.6 Å². The highest BCUT2D eigenvalue weighted by molar-refractivity contribution is 7.92. The van der Waals surface area contributed by atoms with E-state index in [-0.39, 0.29) is 10.8 Å². The van der Waals surface area contributed by atoms with E-state index in [1.165, 1.54) is 11.4 Å². The first-order valence-corrected chi connectivity index (χ1v) is 10.2. The Kier molecular flexibility index (Phi) is 6.62. The number of sulfonamides is 1. The number of nitrogens with one attached hydrogen (secondary N) is 1. The second-order valence-corrected chi connectivity index (χ2v) is 8.82. The minimum atomic E-state index is -3.71. The molecule has 146 valence electrons. The minimum Gasteiger partial charge on any atom is -0.351 e. The molecule has 0 spiro atoms. The van der Waals surface area contributed by atoms with Crippen LogP contribution in [0.15, 0.2) is 47.4 Å². The van der Waals surface area contributed by atoms with E-state index < -0.39 is 10.0 Å². The predicted octanol–water partition coefficient (Wildman–Crippen LogP) is 2.42. The van der Waals surface area contributed by atoms with Crippen LogP contribution in [0.3, 0.4) is 0 Å². The van der Waals surface area contributed by atoms with Crippen molar-refractivity contribution in [3.05, 3.63) is 59.2 Å². The first-order valence-electron chi connectivity index (χ1n) is 8.72. The average Bonchev–Trinajstić information content (AvgIpc) is 2.61. The summed E-state index contributed by atoms with van der Waals surface area (Å²) in [6.45, 7) is 4.98. The first kappa shape index (κ1) is 20.9. The van der Waals surface area contributed by atoms with Crippen LogP contribution < -0.4 is 9.62 Å². The zero-order chi connectivity index (χ0) is 20.2. The average molecular weight is 390 g/mol. The molecule has 1 amide bonds. The van der Waals surface area contributed by atoms with E-state index in [1.807, 2.05) is 32.8 Å². The van der Waals surface area contributed by atoms with Gasteiger partial charge >= 0.3 is 0 Å². The Bertz CT molecular complexity index is 907. The smallest absolute Gasteiger partial charge is 0.264 e. The van der Waals surface area contributed by atoms with Crippen LogP contribution in [0.4, 0.5) is 5.69 Å². The third-order valence-corrected chi connectivity index (χ3v) is 6.12. The van der Waals surface area contributed by atoms with Gasteiger partial charge in [0.15, 0.2) is 0 Å². The van der Waals surface area contributed by atoms with Crippen LogP contribution in [-0.4, -0.2) is 53.5 Å². The molecule has 0 aromatic heterocycles. The molecule has 0 atom stereocenters. The van der Waals surface area contributed by atoms with Gasteiger partial charge in [0.05, 0.1) is 10.6 Å². The van der Waals surface area contributed by atoms with Gasteiger partial charge < -0.3 is 10.2 Å². The molecule has 0 aliphatic rings. The Morgan fingerprint density at radius 3 is 2.22 bits per heavy atom. The third kappa shape index (κ3) is 5.08. The van der Waals surface area contributed by atoms with Crippen molar-refractivity contribution in [2.75, 3.05) is 38.5 Å². The number of amides is 1. The molecule has 0 aliphatic heterocycles. The molecule has 0 saturated carbocycles. The summed E-state index contributed by atoms with van der Waals surface area (Å²) < 4.78 is 27.1. The molecule has 0 bridgehead atoms. The summed E-state index contributed by atoms with van der Waals surface area (Å²) in [5.74, 6) is -0.223. The molecule has 7 heteroatoms. The Morgan fingerprint density at radius 1 is 1.00 bits per heavy atom. The van der Waals surface area contributed by atoms with Gasteiger partial charge in [0.1, 0.15) is 0 Å². The Balaban J connectivity index is 2.29. The van der Waals surface area contributed by atoms with E-state index in [2.05, 4.69) is 5.32 Å². The Labute approximate surface area is 161 Å². The van der Waals surface area contributed by atoms with Crippen molar-refractivity contribution in [1.82, 2.24) is 10.2 Å². The van der Waals surface area contributed by atoms with Crippen molar-refractivity contribution in [3.63, 3.8) is 0 Å². The first-order chi connectivity index (χ1) is 12.6. The molecule has 0 heterocycles. The SMILES string of the molecule is Cc1ccc(S(=O)(=O)N(C)c2cc(C(=O)NCCN(C)C)ccc2C)cc1. The molecule has 2 rings (SSSR count). The number of anilines is 1. The van der Waals surface area contributed by atoms with Crippen LogP contribution in [0, 0.1) is 13.8 Å². The molecule has 0 aliphatic carbocycles. The topological polar surface area (TPSA) is 69.7 Å². The number of carbonyl (C=O) groups is 1. The molecule has 1 N–H and O–H groups in total. The van der Waals surface area contributed by atoms with E-state index in [0.717, 1.165) is 17.7 Å². The quantitative estimate of drug-likeness (QED) is 0.790. The largest absolute Gasteiger partial charge is 0.351 e. The standard InChI is InChI=1S/C20H27N3O3S/c1-15-6-10-18(11-7-15)27(25,26)23(5)19-14-17(9-8-16(19)2)20(24)21-12-13-22(3)4/h6-11,14H,12-13H2,1-5H3,(H,21,24). The highest BCUT2D eigenvalue weighted by Crippen LogP contribution is 2.26. The fourth-order valence-electron chi connectivity index (χ4n) is 2.58. The van der Waals surface area contributed by atoms with Gasteiger partial charge in [0.25, 0.3) is 15.9 Å². The van der Waals surface area contributed by atoms with E-state index >= 15 is 0 Å².